The smallest absolute Gasteiger partial charge is 0.167 e. The van der Waals surface area contributed by atoms with Crippen LogP contribution in [0.3, 0.4) is 0 Å². The number of halogens is 3. The molecule has 0 amide bonds. The monoisotopic (exact) mass is 281 g/mol. The fraction of sp³-hybridized carbons (Fsp3) is 0.0714. The summed E-state index contributed by atoms with van der Waals surface area (Å²) in [7, 11) is 0. The van der Waals surface area contributed by atoms with E-state index in [-0.39, 0.29) is 23.5 Å². The molecule has 98 valence electrons. The molecule has 0 saturated carbocycles. The molecule has 0 aromatic heterocycles. The molecule has 0 unspecified atom stereocenters. The minimum absolute atomic E-state index is 0.0275. The van der Waals surface area contributed by atoms with Gasteiger partial charge in [0.25, 0.3) is 0 Å². The quantitative estimate of drug-likeness (QED) is 0.690. The second kappa shape index (κ2) is 5.36. The highest BCUT2D eigenvalue weighted by Gasteiger charge is 2.12. The third-order valence-electron chi connectivity index (χ3n) is 2.68. The van der Waals surface area contributed by atoms with Crippen molar-refractivity contribution in [2.24, 2.45) is 0 Å². The summed E-state index contributed by atoms with van der Waals surface area (Å²) >= 11 is 5.87. The molecule has 0 aliphatic carbocycles. The minimum atomic E-state index is -0.656. The maximum Gasteiger partial charge on any atom is 0.167 e. The van der Waals surface area contributed by atoms with Crippen LogP contribution in [0.25, 0.3) is 0 Å². The van der Waals surface area contributed by atoms with E-state index in [2.05, 4.69) is 0 Å². The molecule has 0 aliphatic rings. The van der Waals surface area contributed by atoms with E-state index in [1.807, 2.05) is 0 Å². The van der Waals surface area contributed by atoms with Crippen LogP contribution in [0.4, 0.5) is 14.5 Å². The molecule has 2 nitrogen and oxygen atoms in total. The normalized spacial score (nSPS) is 10.5. The Bertz CT molecular complexity index is 643. The SMILES string of the molecule is Nc1ccc(C(=O)Cc2cc(F)ccc2Cl)cc1F. The zero-order valence-corrected chi connectivity index (χ0v) is 10.5. The highest BCUT2D eigenvalue weighted by molar-refractivity contribution is 6.31. The lowest BCUT2D eigenvalue weighted by molar-refractivity contribution is 0.0992. The highest BCUT2D eigenvalue weighted by atomic mass is 35.5. The third-order valence-corrected chi connectivity index (χ3v) is 3.05. The number of carbonyl (C=O) groups excluding carboxylic acids is 1. The van der Waals surface area contributed by atoms with Crippen LogP contribution >= 0.6 is 11.6 Å². The lowest BCUT2D eigenvalue weighted by Gasteiger charge is -2.05. The van der Waals surface area contributed by atoms with E-state index in [4.69, 9.17) is 17.3 Å². The molecule has 2 N–H and O–H groups in total. The molecule has 5 heteroatoms. The summed E-state index contributed by atoms with van der Waals surface area (Å²) in [6.07, 6.45) is -0.0973. The zero-order valence-electron chi connectivity index (χ0n) is 9.79. The predicted molar refractivity (Wildman–Crippen MR) is 70.3 cm³/mol. The number of hydrogen-bond acceptors (Lipinski definition) is 2. The Morgan fingerprint density at radius 3 is 2.58 bits per heavy atom. The molecule has 19 heavy (non-hydrogen) atoms. The number of ketones is 1. The van der Waals surface area contributed by atoms with Crippen molar-refractivity contribution in [1.82, 2.24) is 0 Å². The molecule has 0 fully saturated rings. The summed E-state index contributed by atoms with van der Waals surface area (Å²) < 4.78 is 26.3. The fourth-order valence-electron chi connectivity index (χ4n) is 1.65. The van der Waals surface area contributed by atoms with Gasteiger partial charge in [0.05, 0.1) is 5.69 Å². The van der Waals surface area contributed by atoms with Crippen LogP contribution in [-0.4, -0.2) is 5.78 Å². The van der Waals surface area contributed by atoms with E-state index in [1.165, 1.54) is 30.3 Å². The second-order valence-electron chi connectivity index (χ2n) is 4.07. The summed E-state index contributed by atoms with van der Waals surface area (Å²) in [5.74, 6) is -1.49. The minimum Gasteiger partial charge on any atom is -0.396 e. The molecule has 0 saturated heterocycles. The number of benzene rings is 2. The van der Waals surface area contributed by atoms with E-state index in [9.17, 15) is 13.6 Å². The standard InChI is InChI=1S/C14H10ClF2NO/c15-11-3-2-10(16)5-9(11)7-14(19)8-1-4-13(18)12(17)6-8/h1-6H,7,18H2. The van der Waals surface area contributed by atoms with Crippen LogP contribution < -0.4 is 5.73 Å². The van der Waals surface area contributed by atoms with Crippen LogP contribution in [0.15, 0.2) is 36.4 Å². The number of Topliss-reactive ketones (excluding diaryl/α,β-unsaturated/α-hetero) is 1. The van der Waals surface area contributed by atoms with Gasteiger partial charge in [-0.3, -0.25) is 4.79 Å². The van der Waals surface area contributed by atoms with Crippen molar-refractivity contribution in [2.45, 2.75) is 6.42 Å². The first-order chi connectivity index (χ1) is 8.97. The lowest BCUT2D eigenvalue weighted by atomic mass is 10.0. The van der Waals surface area contributed by atoms with Gasteiger partial charge in [-0.1, -0.05) is 11.6 Å². The zero-order chi connectivity index (χ0) is 14.0. The molecule has 2 rings (SSSR count). The van der Waals surface area contributed by atoms with Gasteiger partial charge in [0.1, 0.15) is 11.6 Å². The van der Waals surface area contributed by atoms with Gasteiger partial charge < -0.3 is 5.73 Å². The molecule has 0 bridgehead atoms. The average molecular weight is 282 g/mol. The molecule has 2 aromatic carbocycles. The molecule has 0 aliphatic heterocycles. The summed E-state index contributed by atoms with van der Waals surface area (Å²) in [5, 5.41) is 0.297. The van der Waals surface area contributed by atoms with Gasteiger partial charge in [0, 0.05) is 17.0 Å². The Morgan fingerprint density at radius 2 is 1.89 bits per heavy atom. The van der Waals surface area contributed by atoms with Gasteiger partial charge in [-0.15, -0.1) is 0 Å². The molecule has 0 spiro atoms. The van der Waals surface area contributed by atoms with Gasteiger partial charge >= 0.3 is 0 Å². The molecular weight excluding hydrogens is 272 g/mol. The Morgan fingerprint density at radius 1 is 1.16 bits per heavy atom. The highest BCUT2D eigenvalue weighted by Crippen LogP contribution is 2.20. The number of hydrogen-bond donors (Lipinski definition) is 1. The van der Waals surface area contributed by atoms with Crippen LogP contribution in [0.2, 0.25) is 5.02 Å². The van der Waals surface area contributed by atoms with Crippen LogP contribution in [-0.2, 0) is 6.42 Å². The number of anilines is 1. The first-order valence-electron chi connectivity index (χ1n) is 5.49. The van der Waals surface area contributed by atoms with E-state index in [0.717, 1.165) is 6.07 Å². The first kappa shape index (κ1) is 13.5. The third kappa shape index (κ3) is 3.09. The number of nitrogens with two attached hydrogens (primary N) is 1. The van der Waals surface area contributed by atoms with Crippen LogP contribution in [0.1, 0.15) is 15.9 Å². The average Bonchev–Trinajstić information content (AvgIpc) is 2.37. The van der Waals surface area contributed by atoms with Crippen molar-refractivity contribution in [2.75, 3.05) is 5.73 Å². The van der Waals surface area contributed by atoms with Crippen molar-refractivity contribution in [3.8, 4) is 0 Å². The van der Waals surface area contributed by atoms with Crippen molar-refractivity contribution >= 4 is 23.1 Å². The van der Waals surface area contributed by atoms with Gasteiger partial charge in [-0.25, -0.2) is 8.78 Å². The summed E-state index contributed by atoms with van der Waals surface area (Å²) in [5.41, 5.74) is 5.84. The maximum atomic E-state index is 13.3. The van der Waals surface area contributed by atoms with Crippen molar-refractivity contribution < 1.29 is 13.6 Å². The van der Waals surface area contributed by atoms with Gasteiger partial charge in [-0.05, 0) is 42.0 Å². The summed E-state index contributed by atoms with van der Waals surface area (Å²) in [4.78, 5) is 12.0. The first-order valence-corrected chi connectivity index (χ1v) is 5.87. The lowest BCUT2D eigenvalue weighted by Crippen LogP contribution is -2.05. The second-order valence-corrected chi connectivity index (χ2v) is 4.48. The van der Waals surface area contributed by atoms with Crippen LogP contribution in [0.5, 0.6) is 0 Å². The molecule has 0 atom stereocenters. The summed E-state index contributed by atoms with van der Waals surface area (Å²) in [6.45, 7) is 0. The largest absolute Gasteiger partial charge is 0.396 e. The van der Waals surface area contributed by atoms with Crippen molar-refractivity contribution in [3.63, 3.8) is 0 Å². The van der Waals surface area contributed by atoms with E-state index >= 15 is 0 Å². The van der Waals surface area contributed by atoms with Gasteiger partial charge in [0.2, 0.25) is 0 Å². The Labute approximate surface area is 113 Å². The van der Waals surface area contributed by atoms with Gasteiger partial charge in [0.15, 0.2) is 5.78 Å². The van der Waals surface area contributed by atoms with Gasteiger partial charge in [-0.2, -0.15) is 0 Å². The number of rotatable bonds is 3. The molecule has 2 aromatic rings. The van der Waals surface area contributed by atoms with E-state index in [0.29, 0.717) is 10.6 Å². The predicted octanol–water partition coefficient (Wildman–Crippen LogP) is 3.63. The molecular formula is C14H10ClF2NO. The maximum absolute atomic E-state index is 13.3. The van der Waals surface area contributed by atoms with Crippen molar-refractivity contribution in [1.29, 1.82) is 0 Å². The van der Waals surface area contributed by atoms with Crippen LogP contribution in [0, 0.1) is 11.6 Å². The van der Waals surface area contributed by atoms with E-state index < -0.39 is 11.6 Å². The van der Waals surface area contributed by atoms with Crippen molar-refractivity contribution in [3.05, 3.63) is 64.2 Å². The number of carbonyl (C=O) groups is 1. The molecule has 0 radical (unpaired) electrons. The topological polar surface area (TPSA) is 43.1 Å². The summed E-state index contributed by atoms with van der Waals surface area (Å²) in [6, 6.07) is 7.57. The number of nitrogen functional groups attached to an aromatic ring is 1. The Balaban J connectivity index is 2.25. The Kier molecular flexibility index (Phi) is 3.81. The molecule has 0 heterocycles. The Hall–Kier alpha value is -1.94. The fourth-order valence-corrected chi connectivity index (χ4v) is 1.84. The van der Waals surface area contributed by atoms with E-state index in [1.54, 1.807) is 0 Å².